The third kappa shape index (κ3) is 3.51. The second-order valence-electron chi connectivity index (χ2n) is 6.74. The number of nitrogens with zero attached hydrogens (tertiary/aromatic N) is 4. The van der Waals surface area contributed by atoms with Crippen molar-refractivity contribution in [3.8, 4) is 16.9 Å². The molecule has 0 radical (unpaired) electrons. The van der Waals surface area contributed by atoms with Gasteiger partial charge < -0.3 is 15.0 Å². The zero-order chi connectivity index (χ0) is 17.9. The molecule has 0 saturated carbocycles. The van der Waals surface area contributed by atoms with E-state index in [1.54, 1.807) is 0 Å². The molecular weight excluding hydrogens is 326 g/mol. The highest BCUT2D eigenvalue weighted by Gasteiger charge is 2.12. The molecule has 3 aromatic rings. The van der Waals surface area contributed by atoms with Gasteiger partial charge in [-0.05, 0) is 55.8 Å². The van der Waals surface area contributed by atoms with Crippen LogP contribution >= 0.6 is 0 Å². The molecule has 1 N–H and O–H groups in total. The summed E-state index contributed by atoms with van der Waals surface area (Å²) < 4.78 is 7.88. The Morgan fingerprint density at radius 2 is 2.15 bits per heavy atom. The van der Waals surface area contributed by atoms with Crippen LogP contribution in [0.4, 0.5) is 5.82 Å². The zero-order valence-corrected chi connectivity index (χ0v) is 15.4. The Labute approximate surface area is 153 Å². The number of ether oxygens (including phenoxy) is 1. The summed E-state index contributed by atoms with van der Waals surface area (Å²) in [5.41, 5.74) is 4.13. The highest BCUT2D eigenvalue weighted by atomic mass is 16.5. The van der Waals surface area contributed by atoms with Crippen LogP contribution in [-0.4, -0.2) is 52.3 Å². The van der Waals surface area contributed by atoms with Gasteiger partial charge in [0.25, 0.3) is 0 Å². The summed E-state index contributed by atoms with van der Waals surface area (Å²) in [4.78, 5) is 7.20. The van der Waals surface area contributed by atoms with Crippen molar-refractivity contribution in [3.63, 3.8) is 0 Å². The summed E-state index contributed by atoms with van der Waals surface area (Å²) in [6.45, 7) is 8.90. The smallest absolute Gasteiger partial charge is 0.165 e. The van der Waals surface area contributed by atoms with Gasteiger partial charge >= 0.3 is 0 Å². The van der Waals surface area contributed by atoms with E-state index in [1.807, 2.05) is 23.0 Å². The normalized spacial score (nSPS) is 15.9. The number of aromatic nitrogens is 3. The van der Waals surface area contributed by atoms with Crippen molar-refractivity contribution in [3.05, 3.63) is 42.2 Å². The zero-order valence-electron chi connectivity index (χ0n) is 15.4. The van der Waals surface area contributed by atoms with Crippen molar-refractivity contribution in [2.24, 2.45) is 0 Å². The largest absolute Gasteiger partial charge is 0.492 e. The molecular formula is C20H25N5O. The first-order valence-corrected chi connectivity index (χ1v) is 9.28. The maximum Gasteiger partial charge on any atom is 0.165 e. The Morgan fingerprint density at radius 1 is 1.23 bits per heavy atom. The summed E-state index contributed by atoms with van der Waals surface area (Å²) in [6.07, 6.45) is 4.90. The molecule has 2 aromatic heterocycles. The fourth-order valence-corrected chi connectivity index (χ4v) is 3.40. The molecule has 4 bridgehead atoms. The molecule has 136 valence electrons. The van der Waals surface area contributed by atoms with E-state index in [0.717, 1.165) is 60.9 Å². The first-order valence-electron chi connectivity index (χ1n) is 9.28. The SMILES string of the molecule is CCN1CCCNc2ccn3ncc(c3n2)-c2cc(C)cc(c2)OCC1. The Kier molecular flexibility index (Phi) is 4.75. The van der Waals surface area contributed by atoms with Gasteiger partial charge in [0, 0.05) is 24.8 Å². The van der Waals surface area contributed by atoms with Crippen molar-refractivity contribution in [1.29, 1.82) is 0 Å². The Balaban J connectivity index is 1.76. The summed E-state index contributed by atoms with van der Waals surface area (Å²) in [5.74, 6) is 1.79. The minimum absolute atomic E-state index is 0.694. The number of aryl methyl sites for hydroxylation is 1. The van der Waals surface area contributed by atoms with Gasteiger partial charge in [0.15, 0.2) is 5.65 Å². The van der Waals surface area contributed by atoms with Gasteiger partial charge in [-0.2, -0.15) is 5.10 Å². The molecule has 1 aliphatic rings. The van der Waals surface area contributed by atoms with E-state index in [4.69, 9.17) is 9.72 Å². The van der Waals surface area contributed by atoms with Crippen molar-refractivity contribution in [2.45, 2.75) is 20.3 Å². The van der Waals surface area contributed by atoms with E-state index in [0.29, 0.717) is 6.61 Å². The second kappa shape index (κ2) is 7.33. The van der Waals surface area contributed by atoms with Crippen molar-refractivity contribution in [1.82, 2.24) is 19.5 Å². The summed E-state index contributed by atoms with van der Waals surface area (Å²) >= 11 is 0. The summed E-state index contributed by atoms with van der Waals surface area (Å²) in [6, 6.07) is 8.30. The first-order chi connectivity index (χ1) is 12.7. The predicted octanol–water partition coefficient (Wildman–Crippen LogP) is 3.22. The molecule has 6 nitrogen and oxygen atoms in total. The molecule has 0 aliphatic carbocycles. The van der Waals surface area contributed by atoms with Crippen LogP contribution in [0.1, 0.15) is 18.9 Å². The number of nitrogens with one attached hydrogen (secondary N) is 1. The Morgan fingerprint density at radius 3 is 3.04 bits per heavy atom. The summed E-state index contributed by atoms with van der Waals surface area (Å²) in [5, 5.41) is 7.89. The monoisotopic (exact) mass is 351 g/mol. The van der Waals surface area contributed by atoms with E-state index in [2.05, 4.69) is 47.4 Å². The number of hydrogen-bond donors (Lipinski definition) is 1. The minimum Gasteiger partial charge on any atom is -0.492 e. The second-order valence-corrected chi connectivity index (χ2v) is 6.74. The van der Waals surface area contributed by atoms with E-state index < -0.39 is 0 Å². The third-order valence-corrected chi connectivity index (χ3v) is 4.81. The number of fused-ring (bicyclic) bond motifs is 4. The topological polar surface area (TPSA) is 54.7 Å². The van der Waals surface area contributed by atoms with Crippen LogP contribution in [0, 0.1) is 6.92 Å². The lowest BCUT2D eigenvalue weighted by molar-refractivity contribution is 0.215. The number of likely N-dealkylation sites (N-methyl/N-ethyl adjacent to an activating group) is 1. The summed E-state index contributed by atoms with van der Waals surface area (Å²) in [7, 11) is 0. The first kappa shape index (κ1) is 16.8. The fourth-order valence-electron chi connectivity index (χ4n) is 3.40. The lowest BCUT2D eigenvalue weighted by Crippen LogP contribution is -2.30. The molecule has 26 heavy (non-hydrogen) atoms. The van der Waals surface area contributed by atoms with Crippen LogP contribution in [0.2, 0.25) is 0 Å². The molecule has 0 saturated heterocycles. The predicted molar refractivity (Wildman–Crippen MR) is 104 cm³/mol. The minimum atomic E-state index is 0.694. The highest BCUT2D eigenvalue weighted by molar-refractivity contribution is 5.78. The molecule has 0 amide bonds. The van der Waals surface area contributed by atoms with E-state index in [1.165, 1.54) is 5.56 Å². The maximum absolute atomic E-state index is 6.06. The van der Waals surface area contributed by atoms with Gasteiger partial charge in [-0.3, -0.25) is 0 Å². The number of rotatable bonds is 1. The van der Waals surface area contributed by atoms with Gasteiger partial charge in [0.2, 0.25) is 0 Å². The van der Waals surface area contributed by atoms with Gasteiger partial charge in [-0.1, -0.05) is 13.0 Å². The third-order valence-electron chi connectivity index (χ3n) is 4.81. The lowest BCUT2D eigenvalue weighted by Gasteiger charge is -2.20. The van der Waals surface area contributed by atoms with Gasteiger partial charge in [0.05, 0.1) is 6.20 Å². The standard InChI is InChI=1S/C20H25N5O/c1-3-24-7-4-6-21-19-5-8-25-20(23-19)18(14-22-25)16-11-15(2)12-17(13-16)26-10-9-24/h5,8,11-14H,3-4,6-7,9-10H2,1-2H3,(H,21,23). The van der Waals surface area contributed by atoms with Crippen LogP contribution in [-0.2, 0) is 0 Å². The number of hydrogen-bond acceptors (Lipinski definition) is 5. The van der Waals surface area contributed by atoms with Crippen molar-refractivity contribution < 1.29 is 4.74 Å². The van der Waals surface area contributed by atoms with Crippen molar-refractivity contribution in [2.75, 3.05) is 38.1 Å². The van der Waals surface area contributed by atoms with Crippen LogP contribution in [0.25, 0.3) is 16.8 Å². The molecule has 0 fully saturated rings. The molecule has 1 aliphatic heterocycles. The van der Waals surface area contributed by atoms with Crippen LogP contribution in [0.5, 0.6) is 5.75 Å². The quantitative estimate of drug-likeness (QED) is 0.729. The van der Waals surface area contributed by atoms with E-state index >= 15 is 0 Å². The van der Waals surface area contributed by atoms with Crippen LogP contribution in [0.3, 0.4) is 0 Å². The molecule has 6 heteroatoms. The lowest BCUT2D eigenvalue weighted by atomic mass is 10.1. The van der Waals surface area contributed by atoms with Gasteiger partial charge in [-0.15, -0.1) is 0 Å². The average Bonchev–Trinajstić information content (AvgIpc) is 3.06. The number of anilines is 1. The Hall–Kier alpha value is -2.60. The average molecular weight is 351 g/mol. The van der Waals surface area contributed by atoms with Crippen LogP contribution in [0.15, 0.2) is 36.7 Å². The Bertz CT molecular complexity index is 904. The maximum atomic E-state index is 6.06. The molecule has 0 unspecified atom stereocenters. The molecule has 0 spiro atoms. The van der Waals surface area contributed by atoms with Crippen molar-refractivity contribution >= 4 is 11.5 Å². The fraction of sp³-hybridized carbons (Fsp3) is 0.400. The van der Waals surface area contributed by atoms with Gasteiger partial charge in [0.1, 0.15) is 18.2 Å². The van der Waals surface area contributed by atoms with E-state index in [-0.39, 0.29) is 0 Å². The molecule has 3 heterocycles. The number of benzene rings is 1. The van der Waals surface area contributed by atoms with Crippen LogP contribution < -0.4 is 10.1 Å². The molecule has 0 atom stereocenters. The van der Waals surface area contributed by atoms with E-state index in [9.17, 15) is 0 Å². The molecule has 1 aromatic carbocycles. The highest BCUT2D eigenvalue weighted by Crippen LogP contribution is 2.29. The van der Waals surface area contributed by atoms with Gasteiger partial charge in [-0.25, -0.2) is 9.50 Å². The molecule has 4 rings (SSSR count).